The molecule has 7 heteroatoms. The fourth-order valence-corrected chi connectivity index (χ4v) is 1.82. The lowest BCUT2D eigenvalue weighted by Gasteiger charge is -2.09. The summed E-state index contributed by atoms with van der Waals surface area (Å²) in [5.41, 5.74) is 1.64. The Bertz CT molecular complexity index is 703. The van der Waals surface area contributed by atoms with Gasteiger partial charge in [-0.3, -0.25) is 9.59 Å². The number of amides is 2. The Morgan fingerprint density at radius 3 is 2.48 bits per heavy atom. The van der Waals surface area contributed by atoms with E-state index in [0.717, 1.165) is 0 Å². The van der Waals surface area contributed by atoms with Gasteiger partial charge in [-0.2, -0.15) is 0 Å². The molecule has 0 aliphatic heterocycles. The highest BCUT2D eigenvalue weighted by atomic mass is 16.2. The lowest BCUT2D eigenvalue weighted by atomic mass is 10.1. The number of benzene rings is 1. The molecule has 0 radical (unpaired) electrons. The highest BCUT2D eigenvalue weighted by Crippen LogP contribution is 2.11. The summed E-state index contributed by atoms with van der Waals surface area (Å²) in [5, 5.41) is 13.0. The van der Waals surface area contributed by atoms with Gasteiger partial charge in [-0.1, -0.05) is 5.21 Å². The molecule has 0 spiro atoms. The van der Waals surface area contributed by atoms with E-state index in [1.807, 2.05) is 13.8 Å². The number of hydrogen-bond donors (Lipinski definition) is 2. The molecule has 2 N–H and O–H groups in total. The Hall–Kier alpha value is -2.96. The van der Waals surface area contributed by atoms with Gasteiger partial charge in [0.25, 0.3) is 11.8 Å². The van der Waals surface area contributed by atoms with Gasteiger partial charge in [0, 0.05) is 29.1 Å². The van der Waals surface area contributed by atoms with Crippen molar-refractivity contribution >= 4 is 23.7 Å². The number of aromatic nitrogens is 3. The summed E-state index contributed by atoms with van der Waals surface area (Å²) < 4.78 is 1.45. The first-order valence-corrected chi connectivity index (χ1v) is 7.22. The van der Waals surface area contributed by atoms with Gasteiger partial charge < -0.3 is 10.6 Å². The topological polar surface area (TPSA) is 88.9 Å². The molecular formula is C16H19N5O2. The minimum absolute atomic E-state index is 0.0754. The zero-order chi connectivity index (χ0) is 16.8. The minimum atomic E-state index is -0.250. The van der Waals surface area contributed by atoms with Gasteiger partial charge in [-0.05, 0) is 45.0 Å². The third-order valence-corrected chi connectivity index (χ3v) is 2.95. The maximum absolute atomic E-state index is 12.1. The van der Waals surface area contributed by atoms with Gasteiger partial charge in [0.05, 0.1) is 12.4 Å². The van der Waals surface area contributed by atoms with Crippen LogP contribution in [-0.2, 0) is 4.79 Å². The van der Waals surface area contributed by atoms with Crippen molar-refractivity contribution in [3.8, 4) is 0 Å². The summed E-state index contributed by atoms with van der Waals surface area (Å²) in [5.74, 6) is -0.389. The van der Waals surface area contributed by atoms with Crippen LogP contribution in [0.4, 0.5) is 5.69 Å². The number of hydrogen-bond acceptors (Lipinski definition) is 4. The van der Waals surface area contributed by atoms with Gasteiger partial charge in [-0.25, -0.2) is 4.68 Å². The van der Waals surface area contributed by atoms with Gasteiger partial charge in [0.1, 0.15) is 0 Å². The van der Waals surface area contributed by atoms with E-state index in [1.54, 1.807) is 43.6 Å². The van der Waals surface area contributed by atoms with Crippen LogP contribution in [-0.4, -0.2) is 32.9 Å². The second-order valence-electron chi connectivity index (χ2n) is 5.35. The molecule has 0 atom stereocenters. The van der Waals surface area contributed by atoms with Crippen LogP contribution in [0.5, 0.6) is 0 Å². The summed E-state index contributed by atoms with van der Waals surface area (Å²) in [7, 11) is 0. The summed E-state index contributed by atoms with van der Waals surface area (Å²) in [6, 6.07) is 6.80. The fourth-order valence-electron chi connectivity index (χ4n) is 1.82. The molecule has 2 aromatic rings. The molecule has 0 aliphatic rings. The first-order chi connectivity index (χ1) is 11.0. The van der Waals surface area contributed by atoms with Crippen LogP contribution >= 0.6 is 0 Å². The largest absolute Gasteiger partial charge is 0.350 e. The average Bonchev–Trinajstić information content (AvgIpc) is 3.00. The van der Waals surface area contributed by atoms with Crippen molar-refractivity contribution in [2.24, 2.45) is 0 Å². The van der Waals surface area contributed by atoms with Gasteiger partial charge in [0.2, 0.25) is 0 Å². The Morgan fingerprint density at radius 2 is 1.91 bits per heavy atom. The second-order valence-corrected chi connectivity index (χ2v) is 5.35. The predicted octanol–water partition coefficient (Wildman–Crippen LogP) is 1.92. The maximum Gasteiger partial charge on any atom is 0.252 e. The Kier molecular flexibility index (Phi) is 5.24. The number of rotatable bonds is 5. The molecule has 0 fully saturated rings. The van der Waals surface area contributed by atoms with Gasteiger partial charge in [-0.15, -0.1) is 5.10 Å². The summed E-state index contributed by atoms with van der Waals surface area (Å²) in [6.45, 7) is 5.48. The molecule has 1 heterocycles. The third kappa shape index (κ3) is 4.77. The number of anilines is 1. The van der Waals surface area contributed by atoms with Crippen LogP contribution < -0.4 is 10.6 Å². The molecule has 0 bridgehead atoms. The fraction of sp³-hybridized carbons (Fsp3) is 0.250. The van der Waals surface area contributed by atoms with Crippen molar-refractivity contribution < 1.29 is 9.59 Å². The standard InChI is InChI=1S/C16H19N5O2/c1-11(2)18-16(23)13-4-6-14(7-5-13)19-15(22)12(3)10-21-9-8-17-20-21/h4-11H,1-3H3,(H,18,23)(H,19,22)/b12-10+. The van der Waals surface area contributed by atoms with Crippen molar-refractivity contribution in [3.05, 3.63) is 47.8 Å². The third-order valence-electron chi connectivity index (χ3n) is 2.95. The second kappa shape index (κ2) is 7.35. The average molecular weight is 313 g/mol. The predicted molar refractivity (Wildman–Crippen MR) is 87.6 cm³/mol. The Balaban J connectivity index is 2.00. The van der Waals surface area contributed by atoms with Crippen molar-refractivity contribution in [1.29, 1.82) is 0 Å². The van der Waals surface area contributed by atoms with E-state index in [-0.39, 0.29) is 17.9 Å². The van der Waals surface area contributed by atoms with Crippen LogP contribution in [0.3, 0.4) is 0 Å². The van der Waals surface area contributed by atoms with E-state index in [2.05, 4.69) is 20.9 Å². The van der Waals surface area contributed by atoms with E-state index >= 15 is 0 Å². The summed E-state index contributed by atoms with van der Waals surface area (Å²) >= 11 is 0. The first kappa shape index (κ1) is 16.4. The highest BCUT2D eigenvalue weighted by molar-refractivity contribution is 6.05. The zero-order valence-corrected chi connectivity index (χ0v) is 13.3. The van der Waals surface area contributed by atoms with E-state index in [9.17, 15) is 9.59 Å². The van der Waals surface area contributed by atoms with Crippen molar-refractivity contribution in [2.75, 3.05) is 5.32 Å². The number of nitrogens with zero attached hydrogens (tertiary/aromatic N) is 3. The number of nitrogens with one attached hydrogen (secondary N) is 2. The van der Waals surface area contributed by atoms with Crippen LogP contribution in [0.2, 0.25) is 0 Å². The molecule has 1 aromatic carbocycles. The van der Waals surface area contributed by atoms with Gasteiger partial charge in [0.15, 0.2) is 0 Å². The molecular weight excluding hydrogens is 294 g/mol. The van der Waals surface area contributed by atoms with Crippen LogP contribution in [0.25, 0.3) is 6.20 Å². The normalized spacial score (nSPS) is 11.4. The molecule has 7 nitrogen and oxygen atoms in total. The summed E-state index contributed by atoms with van der Waals surface area (Å²) in [6.07, 6.45) is 4.74. The van der Waals surface area contributed by atoms with E-state index < -0.39 is 0 Å². The van der Waals surface area contributed by atoms with Crippen LogP contribution in [0, 0.1) is 0 Å². The molecule has 2 amide bonds. The smallest absolute Gasteiger partial charge is 0.252 e. The lowest BCUT2D eigenvalue weighted by molar-refractivity contribution is -0.112. The van der Waals surface area contributed by atoms with Gasteiger partial charge >= 0.3 is 0 Å². The Labute approximate surface area is 134 Å². The van der Waals surface area contributed by atoms with E-state index in [1.165, 1.54) is 10.9 Å². The lowest BCUT2D eigenvalue weighted by Crippen LogP contribution is -2.30. The van der Waals surface area contributed by atoms with Crippen LogP contribution in [0.1, 0.15) is 31.1 Å². The SMILES string of the molecule is C/C(=C\n1ccnn1)C(=O)Nc1ccc(C(=O)NC(C)C)cc1. The maximum atomic E-state index is 12.1. The monoisotopic (exact) mass is 313 g/mol. The zero-order valence-electron chi connectivity index (χ0n) is 13.3. The van der Waals surface area contributed by atoms with Crippen LogP contribution in [0.15, 0.2) is 42.2 Å². The molecule has 0 aliphatic carbocycles. The molecule has 0 unspecified atom stereocenters. The van der Waals surface area contributed by atoms with Crippen molar-refractivity contribution in [3.63, 3.8) is 0 Å². The first-order valence-electron chi connectivity index (χ1n) is 7.22. The molecule has 23 heavy (non-hydrogen) atoms. The minimum Gasteiger partial charge on any atom is -0.350 e. The highest BCUT2D eigenvalue weighted by Gasteiger charge is 2.08. The summed E-state index contributed by atoms with van der Waals surface area (Å²) in [4.78, 5) is 23.9. The quantitative estimate of drug-likeness (QED) is 0.825. The molecule has 0 saturated carbocycles. The Morgan fingerprint density at radius 1 is 1.22 bits per heavy atom. The van der Waals surface area contributed by atoms with E-state index in [0.29, 0.717) is 16.8 Å². The molecule has 2 rings (SSSR count). The van der Waals surface area contributed by atoms with Crippen molar-refractivity contribution in [1.82, 2.24) is 20.3 Å². The number of carbonyl (C=O) groups is 2. The van der Waals surface area contributed by atoms with E-state index in [4.69, 9.17) is 0 Å². The number of carbonyl (C=O) groups excluding carboxylic acids is 2. The molecule has 1 aromatic heterocycles. The molecule has 120 valence electrons. The molecule has 0 saturated heterocycles. The van der Waals surface area contributed by atoms with Crippen molar-refractivity contribution in [2.45, 2.75) is 26.8 Å².